The van der Waals surface area contributed by atoms with Gasteiger partial charge in [-0.3, -0.25) is 0 Å². The first-order valence-corrected chi connectivity index (χ1v) is 4.38. The van der Waals surface area contributed by atoms with Crippen molar-refractivity contribution in [2.75, 3.05) is 0 Å². The van der Waals surface area contributed by atoms with Crippen LogP contribution in [-0.4, -0.2) is 11.2 Å². The lowest BCUT2D eigenvalue weighted by molar-refractivity contribution is 0.0302. The smallest absolute Gasteiger partial charge is 0.0546 e. The SMILES string of the molecule is C[C@@H]1[C@H](C)[C@H]2CC(O)C[C@@H]12. The van der Waals surface area contributed by atoms with Gasteiger partial charge in [0.2, 0.25) is 0 Å². The molecule has 0 heterocycles. The molecule has 1 N–H and O–H groups in total. The van der Waals surface area contributed by atoms with Crippen molar-refractivity contribution < 1.29 is 5.11 Å². The summed E-state index contributed by atoms with van der Waals surface area (Å²) in [6, 6.07) is 0. The minimum absolute atomic E-state index is 0.0300. The zero-order valence-electron chi connectivity index (χ0n) is 6.75. The molecule has 5 atom stereocenters. The summed E-state index contributed by atoms with van der Waals surface area (Å²) in [5.74, 6) is 3.49. The molecule has 2 aliphatic rings. The minimum Gasteiger partial charge on any atom is -0.393 e. The maximum absolute atomic E-state index is 9.35. The highest BCUT2D eigenvalue weighted by Crippen LogP contribution is 2.54. The largest absolute Gasteiger partial charge is 0.393 e. The Hall–Kier alpha value is -0.0400. The van der Waals surface area contributed by atoms with Crippen molar-refractivity contribution in [2.24, 2.45) is 23.7 Å². The first-order valence-electron chi connectivity index (χ1n) is 4.38. The van der Waals surface area contributed by atoms with Gasteiger partial charge in [0.1, 0.15) is 0 Å². The normalized spacial score (nSPS) is 59.7. The van der Waals surface area contributed by atoms with E-state index in [1.165, 1.54) is 0 Å². The maximum Gasteiger partial charge on any atom is 0.0546 e. The monoisotopic (exact) mass is 140 g/mol. The quantitative estimate of drug-likeness (QED) is 0.542. The molecule has 10 heavy (non-hydrogen) atoms. The van der Waals surface area contributed by atoms with Gasteiger partial charge in [-0.25, -0.2) is 0 Å². The van der Waals surface area contributed by atoms with Crippen molar-refractivity contribution in [1.29, 1.82) is 0 Å². The molecular formula is C9H16O. The number of hydrogen-bond acceptors (Lipinski definition) is 1. The Balaban J connectivity index is 2.04. The molecule has 2 fully saturated rings. The minimum atomic E-state index is 0.0300. The Morgan fingerprint density at radius 3 is 1.80 bits per heavy atom. The van der Waals surface area contributed by atoms with Gasteiger partial charge < -0.3 is 5.11 Å². The fourth-order valence-electron chi connectivity index (χ4n) is 2.92. The summed E-state index contributed by atoms with van der Waals surface area (Å²) < 4.78 is 0. The van der Waals surface area contributed by atoms with Gasteiger partial charge in [0.05, 0.1) is 6.10 Å². The first kappa shape index (κ1) is 6.66. The number of hydrogen-bond donors (Lipinski definition) is 1. The Morgan fingerprint density at radius 1 is 1.00 bits per heavy atom. The van der Waals surface area contributed by atoms with Crippen LogP contribution in [0.2, 0.25) is 0 Å². The maximum atomic E-state index is 9.35. The van der Waals surface area contributed by atoms with Crippen LogP contribution in [0.4, 0.5) is 0 Å². The van der Waals surface area contributed by atoms with Crippen molar-refractivity contribution >= 4 is 0 Å². The average molecular weight is 140 g/mol. The van der Waals surface area contributed by atoms with E-state index in [4.69, 9.17) is 0 Å². The van der Waals surface area contributed by atoms with Gasteiger partial charge >= 0.3 is 0 Å². The summed E-state index contributed by atoms with van der Waals surface area (Å²) >= 11 is 0. The summed E-state index contributed by atoms with van der Waals surface area (Å²) in [4.78, 5) is 0. The van der Waals surface area contributed by atoms with Crippen LogP contribution in [0.5, 0.6) is 0 Å². The molecule has 0 spiro atoms. The van der Waals surface area contributed by atoms with Crippen molar-refractivity contribution in [3.05, 3.63) is 0 Å². The van der Waals surface area contributed by atoms with Gasteiger partial charge in [0, 0.05) is 0 Å². The molecule has 0 aliphatic heterocycles. The van der Waals surface area contributed by atoms with Crippen LogP contribution in [0.1, 0.15) is 26.7 Å². The van der Waals surface area contributed by atoms with E-state index in [1.54, 1.807) is 0 Å². The first-order chi connectivity index (χ1) is 4.70. The number of fused-ring (bicyclic) bond motifs is 1. The predicted molar refractivity (Wildman–Crippen MR) is 40.5 cm³/mol. The summed E-state index contributed by atoms with van der Waals surface area (Å²) in [5, 5.41) is 9.35. The van der Waals surface area contributed by atoms with Gasteiger partial charge in [-0.2, -0.15) is 0 Å². The highest BCUT2D eigenvalue weighted by molar-refractivity contribution is 4.99. The second-order valence-corrected chi connectivity index (χ2v) is 4.17. The van der Waals surface area contributed by atoms with E-state index in [0.717, 1.165) is 36.5 Å². The number of aliphatic hydroxyl groups excluding tert-OH is 1. The Bertz CT molecular complexity index is 128. The van der Waals surface area contributed by atoms with Crippen molar-refractivity contribution in [1.82, 2.24) is 0 Å². The fraction of sp³-hybridized carbons (Fsp3) is 1.00. The fourth-order valence-corrected chi connectivity index (χ4v) is 2.92. The van der Waals surface area contributed by atoms with Crippen LogP contribution in [0.25, 0.3) is 0 Å². The zero-order valence-corrected chi connectivity index (χ0v) is 6.75. The molecule has 0 saturated heterocycles. The predicted octanol–water partition coefficient (Wildman–Crippen LogP) is 1.66. The molecule has 1 heteroatoms. The zero-order chi connectivity index (χ0) is 7.30. The molecule has 0 aromatic rings. The lowest BCUT2D eigenvalue weighted by Crippen LogP contribution is -2.39. The van der Waals surface area contributed by atoms with E-state index in [0.29, 0.717) is 0 Å². The molecule has 0 aromatic carbocycles. The molecule has 2 rings (SSSR count). The number of rotatable bonds is 0. The summed E-state index contributed by atoms with van der Waals surface area (Å²) in [6.45, 7) is 4.65. The third-order valence-electron chi connectivity index (χ3n) is 3.82. The molecule has 2 saturated carbocycles. The van der Waals surface area contributed by atoms with Crippen LogP contribution in [-0.2, 0) is 0 Å². The van der Waals surface area contributed by atoms with Crippen LogP contribution in [0, 0.1) is 23.7 Å². The van der Waals surface area contributed by atoms with Gasteiger partial charge in [-0.1, -0.05) is 13.8 Å². The van der Waals surface area contributed by atoms with E-state index in [-0.39, 0.29) is 6.10 Å². The van der Waals surface area contributed by atoms with E-state index in [9.17, 15) is 5.11 Å². The van der Waals surface area contributed by atoms with Crippen molar-refractivity contribution in [2.45, 2.75) is 32.8 Å². The van der Waals surface area contributed by atoms with Crippen LogP contribution in [0.15, 0.2) is 0 Å². The van der Waals surface area contributed by atoms with Gasteiger partial charge in [0.15, 0.2) is 0 Å². The standard InChI is InChI=1S/C9H16O/c1-5-6(2)9-4-7(10)3-8(5)9/h5-10H,3-4H2,1-2H3/t5-,6+,7?,8+,9-. The molecule has 0 radical (unpaired) electrons. The molecule has 0 aromatic heterocycles. The topological polar surface area (TPSA) is 20.2 Å². The van der Waals surface area contributed by atoms with E-state index in [1.807, 2.05) is 0 Å². The molecule has 0 bridgehead atoms. The Labute approximate surface area is 62.4 Å². The molecule has 1 unspecified atom stereocenters. The lowest BCUT2D eigenvalue weighted by Gasteiger charge is -2.45. The average Bonchev–Trinajstić information content (AvgIpc) is 2.27. The Kier molecular flexibility index (Phi) is 1.31. The summed E-state index contributed by atoms with van der Waals surface area (Å²) in [7, 11) is 0. The van der Waals surface area contributed by atoms with E-state index < -0.39 is 0 Å². The summed E-state index contributed by atoms with van der Waals surface area (Å²) in [6.07, 6.45) is 2.19. The van der Waals surface area contributed by atoms with Gasteiger partial charge in [-0.15, -0.1) is 0 Å². The van der Waals surface area contributed by atoms with Gasteiger partial charge in [0.25, 0.3) is 0 Å². The Morgan fingerprint density at radius 2 is 1.40 bits per heavy atom. The summed E-state index contributed by atoms with van der Waals surface area (Å²) in [5.41, 5.74) is 0. The van der Waals surface area contributed by atoms with E-state index in [2.05, 4.69) is 13.8 Å². The lowest BCUT2D eigenvalue weighted by atomic mass is 9.60. The van der Waals surface area contributed by atoms with Crippen molar-refractivity contribution in [3.8, 4) is 0 Å². The second kappa shape index (κ2) is 1.97. The second-order valence-electron chi connectivity index (χ2n) is 4.17. The van der Waals surface area contributed by atoms with Crippen LogP contribution < -0.4 is 0 Å². The highest BCUT2D eigenvalue weighted by Gasteiger charge is 2.49. The third-order valence-corrected chi connectivity index (χ3v) is 3.82. The van der Waals surface area contributed by atoms with E-state index >= 15 is 0 Å². The van der Waals surface area contributed by atoms with Gasteiger partial charge in [-0.05, 0) is 36.5 Å². The van der Waals surface area contributed by atoms with Crippen molar-refractivity contribution in [3.63, 3.8) is 0 Å². The van der Waals surface area contributed by atoms with Crippen LogP contribution in [0.3, 0.4) is 0 Å². The molecule has 0 amide bonds. The molecule has 1 nitrogen and oxygen atoms in total. The van der Waals surface area contributed by atoms with Crippen LogP contribution >= 0.6 is 0 Å². The third kappa shape index (κ3) is 0.672. The molecular weight excluding hydrogens is 124 g/mol. The highest BCUT2D eigenvalue weighted by atomic mass is 16.3. The molecule has 2 aliphatic carbocycles. The number of aliphatic hydroxyl groups is 1. The molecule has 58 valence electrons.